The van der Waals surface area contributed by atoms with Gasteiger partial charge in [0.2, 0.25) is 0 Å². The van der Waals surface area contributed by atoms with Crippen molar-refractivity contribution in [2.45, 2.75) is 12.5 Å². The zero-order valence-corrected chi connectivity index (χ0v) is 4.80. The maximum Gasteiger partial charge on any atom is 0.0695 e. The number of hydrogen-bond donors (Lipinski definition) is 2. The highest BCUT2D eigenvalue weighted by molar-refractivity contribution is 4.96. The molecule has 0 aromatic carbocycles. The van der Waals surface area contributed by atoms with Gasteiger partial charge in [-0.05, 0) is 24.8 Å². The highest BCUT2D eigenvalue weighted by atomic mass is 16.3. The van der Waals surface area contributed by atoms with E-state index in [0.29, 0.717) is 5.92 Å². The molecule has 0 aromatic rings. The molecule has 0 aromatic heterocycles. The lowest BCUT2D eigenvalue weighted by Crippen LogP contribution is -2.35. The quantitative estimate of drug-likeness (QED) is 0.447. The number of aliphatic hydroxyl groups is 1. The summed E-state index contributed by atoms with van der Waals surface area (Å²) in [6.07, 6.45) is 1.22. The first kappa shape index (κ1) is 4.77. The van der Waals surface area contributed by atoms with Crippen molar-refractivity contribution >= 4 is 0 Å². The van der Waals surface area contributed by atoms with Gasteiger partial charge in [0, 0.05) is 6.54 Å². The van der Waals surface area contributed by atoms with E-state index in [0.717, 1.165) is 19.0 Å². The van der Waals surface area contributed by atoms with Crippen LogP contribution in [0, 0.1) is 11.8 Å². The molecule has 2 fully saturated rings. The van der Waals surface area contributed by atoms with E-state index in [2.05, 4.69) is 5.32 Å². The number of rotatable bonds is 0. The van der Waals surface area contributed by atoms with Gasteiger partial charge in [0.05, 0.1) is 6.10 Å². The van der Waals surface area contributed by atoms with E-state index < -0.39 is 0 Å². The van der Waals surface area contributed by atoms with Crippen LogP contribution in [-0.2, 0) is 0 Å². The van der Waals surface area contributed by atoms with Crippen LogP contribution in [0.5, 0.6) is 0 Å². The first-order valence-electron chi connectivity index (χ1n) is 3.26. The fraction of sp³-hybridized carbons (Fsp3) is 1.00. The number of nitrogens with one attached hydrogen (secondary N) is 1. The lowest BCUT2D eigenvalue weighted by atomic mass is 10.1. The Morgan fingerprint density at radius 1 is 1.38 bits per heavy atom. The van der Waals surface area contributed by atoms with Crippen LogP contribution in [0.4, 0.5) is 0 Å². The van der Waals surface area contributed by atoms with Crippen molar-refractivity contribution in [3.8, 4) is 0 Å². The Labute approximate surface area is 48.9 Å². The molecule has 2 rings (SSSR count). The molecule has 1 aliphatic heterocycles. The zero-order chi connectivity index (χ0) is 5.56. The molecule has 1 aliphatic carbocycles. The minimum Gasteiger partial charge on any atom is -0.392 e. The highest BCUT2D eigenvalue weighted by Gasteiger charge is 2.44. The van der Waals surface area contributed by atoms with Crippen molar-refractivity contribution < 1.29 is 5.11 Å². The van der Waals surface area contributed by atoms with Crippen molar-refractivity contribution in [1.29, 1.82) is 0 Å². The molecule has 2 nitrogen and oxygen atoms in total. The summed E-state index contributed by atoms with van der Waals surface area (Å²) in [6, 6.07) is 0. The van der Waals surface area contributed by atoms with Gasteiger partial charge >= 0.3 is 0 Å². The third-order valence-electron chi connectivity index (χ3n) is 2.23. The summed E-state index contributed by atoms with van der Waals surface area (Å²) in [5, 5.41) is 12.3. The second-order valence-corrected chi connectivity index (χ2v) is 2.89. The van der Waals surface area contributed by atoms with Crippen LogP contribution in [0.3, 0.4) is 0 Å². The van der Waals surface area contributed by atoms with E-state index >= 15 is 0 Å². The van der Waals surface area contributed by atoms with Crippen molar-refractivity contribution in [2.75, 3.05) is 13.1 Å². The van der Waals surface area contributed by atoms with Gasteiger partial charge in [-0.3, -0.25) is 0 Å². The molecule has 8 heavy (non-hydrogen) atoms. The molecular weight excluding hydrogens is 102 g/mol. The third kappa shape index (κ3) is 0.565. The van der Waals surface area contributed by atoms with Crippen LogP contribution in [0.15, 0.2) is 0 Å². The molecule has 0 unspecified atom stereocenters. The Morgan fingerprint density at radius 3 is 2.88 bits per heavy atom. The summed E-state index contributed by atoms with van der Waals surface area (Å²) in [5.41, 5.74) is 0. The van der Waals surface area contributed by atoms with Gasteiger partial charge < -0.3 is 10.4 Å². The molecule has 0 amide bonds. The van der Waals surface area contributed by atoms with Gasteiger partial charge in [0.15, 0.2) is 0 Å². The Hall–Kier alpha value is -0.0800. The van der Waals surface area contributed by atoms with Gasteiger partial charge in [-0.2, -0.15) is 0 Å². The summed E-state index contributed by atoms with van der Waals surface area (Å²) >= 11 is 0. The van der Waals surface area contributed by atoms with Crippen LogP contribution < -0.4 is 5.32 Å². The largest absolute Gasteiger partial charge is 0.392 e. The van der Waals surface area contributed by atoms with Gasteiger partial charge in [-0.1, -0.05) is 0 Å². The molecular formula is C6H11NO. The average Bonchev–Trinajstić information content (AvgIpc) is 2.45. The van der Waals surface area contributed by atoms with E-state index in [1.165, 1.54) is 6.42 Å². The van der Waals surface area contributed by atoms with Crippen LogP contribution in [0.25, 0.3) is 0 Å². The van der Waals surface area contributed by atoms with Gasteiger partial charge in [-0.15, -0.1) is 0 Å². The molecule has 1 saturated heterocycles. The standard InChI is InChI=1S/C6H11NO/c8-6-3-7-2-4-1-5(4)6/h4-8H,1-3H2/t4-,5-,6+/m1/s1. The molecule has 0 bridgehead atoms. The topological polar surface area (TPSA) is 32.3 Å². The second kappa shape index (κ2) is 1.45. The fourth-order valence-electron chi connectivity index (χ4n) is 1.54. The fourth-order valence-corrected chi connectivity index (χ4v) is 1.54. The van der Waals surface area contributed by atoms with E-state index in [-0.39, 0.29) is 6.10 Å². The molecule has 0 spiro atoms. The molecule has 2 N–H and O–H groups in total. The molecule has 2 heteroatoms. The normalized spacial score (nSPS) is 52.9. The number of piperidine rings is 1. The van der Waals surface area contributed by atoms with Crippen molar-refractivity contribution in [3.63, 3.8) is 0 Å². The first-order valence-corrected chi connectivity index (χ1v) is 3.26. The zero-order valence-electron chi connectivity index (χ0n) is 4.80. The van der Waals surface area contributed by atoms with E-state index in [4.69, 9.17) is 5.11 Å². The highest BCUT2D eigenvalue weighted by Crippen LogP contribution is 2.42. The average molecular weight is 113 g/mol. The van der Waals surface area contributed by atoms with Gasteiger partial charge in [0.25, 0.3) is 0 Å². The minimum absolute atomic E-state index is 0.0336. The smallest absolute Gasteiger partial charge is 0.0695 e. The lowest BCUT2D eigenvalue weighted by molar-refractivity contribution is 0.128. The SMILES string of the molecule is O[C@H]1CNC[C@H]2C[C@H]21. The van der Waals surface area contributed by atoms with Crippen LogP contribution >= 0.6 is 0 Å². The predicted molar refractivity (Wildman–Crippen MR) is 30.5 cm³/mol. The number of β-amino-alcohol motifs (C(OH)–C–C–N with tert-alkyl or cyclic N) is 1. The monoisotopic (exact) mass is 113 g/mol. The molecule has 2 aliphatic rings. The molecule has 1 saturated carbocycles. The van der Waals surface area contributed by atoms with Crippen LogP contribution in [-0.4, -0.2) is 24.3 Å². The summed E-state index contributed by atoms with van der Waals surface area (Å²) in [4.78, 5) is 0. The predicted octanol–water partition coefficient (Wildman–Crippen LogP) is -0.413. The lowest BCUT2D eigenvalue weighted by Gasteiger charge is -2.16. The maximum atomic E-state index is 9.16. The summed E-state index contributed by atoms with van der Waals surface area (Å²) < 4.78 is 0. The maximum absolute atomic E-state index is 9.16. The molecule has 1 heterocycles. The molecule has 0 radical (unpaired) electrons. The number of fused-ring (bicyclic) bond motifs is 1. The summed E-state index contributed by atoms with van der Waals surface area (Å²) in [7, 11) is 0. The number of aliphatic hydroxyl groups excluding tert-OH is 1. The van der Waals surface area contributed by atoms with Crippen molar-refractivity contribution in [3.05, 3.63) is 0 Å². The Balaban J connectivity index is 1.99. The second-order valence-electron chi connectivity index (χ2n) is 2.89. The summed E-state index contributed by atoms with van der Waals surface area (Å²) in [5.74, 6) is 1.48. The molecule has 46 valence electrons. The van der Waals surface area contributed by atoms with E-state index in [1.54, 1.807) is 0 Å². The van der Waals surface area contributed by atoms with E-state index in [1.807, 2.05) is 0 Å². The molecule has 3 atom stereocenters. The van der Waals surface area contributed by atoms with Gasteiger partial charge in [0.1, 0.15) is 0 Å². The third-order valence-corrected chi connectivity index (χ3v) is 2.23. The van der Waals surface area contributed by atoms with Crippen LogP contribution in [0.2, 0.25) is 0 Å². The minimum atomic E-state index is -0.0336. The van der Waals surface area contributed by atoms with E-state index in [9.17, 15) is 0 Å². The van der Waals surface area contributed by atoms with Crippen LogP contribution in [0.1, 0.15) is 6.42 Å². The van der Waals surface area contributed by atoms with Crippen molar-refractivity contribution in [1.82, 2.24) is 5.32 Å². The van der Waals surface area contributed by atoms with Crippen molar-refractivity contribution in [2.24, 2.45) is 11.8 Å². The first-order chi connectivity index (χ1) is 3.88. The summed E-state index contributed by atoms with van der Waals surface area (Å²) in [6.45, 7) is 1.96. The van der Waals surface area contributed by atoms with Gasteiger partial charge in [-0.25, -0.2) is 0 Å². The Bertz CT molecular complexity index is 105. The number of hydrogen-bond acceptors (Lipinski definition) is 2. The Morgan fingerprint density at radius 2 is 2.25 bits per heavy atom. The Kier molecular flexibility index (Phi) is 0.866.